The monoisotopic (exact) mass is 381 g/mol. The summed E-state index contributed by atoms with van der Waals surface area (Å²) in [6, 6.07) is 3.05. The van der Waals surface area contributed by atoms with Gasteiger partial charge in [0.05, 0.1) is 19.2 Å². The van der Waals surface area contributed by atoms with E-state index in [1.54, 1.807) is 11.4 Å². The zero-order valence-corrected chi connectivity index (χ0v) is 14.0. The maximum absolute atomic E-state index is 11.9. The number of nitrogens with one attached hydrogen (secondary N) is 1. The molecule has 0 atom stereocenters. The van der Waals surface area contributed by atoms with Crippen LogP contribution in [0.4, 0.5) is 13.2 Å². The fourth-order valence-electron chi connectivity index (χ4n) is 1.63. The maximum Gasteiger partial charge on any atom is 0.405 e. The van der Waals surface area contributed by atoms with Gasteiger partial charge in [-0.25, -0.2) is 4.79 Å². The van der Waals surface area contributed by atoms with Crippen molar-refractivity contribution in [1.29, 1.82) is 0 Å². The fraction of sp³-hybridized carbons (Fsp3) is 0.333. The topological polar surface area (TPSA) is 73.9 Å². The Kier molecular flexibility index (Phi) is 7.56. The lowest BCUT2D eigenvalue weighted by Gasteiger charge is -2.10. The van der Waals surface area contributed by atoms with Gasteiger partial charge >= 0.3 is 12.1 Å². The molecular weight excluding hydrogens is 367 g/mol. The van der Waals surface area contributed by atoms with Gasteiger partial charge in [0.2, 0.25) is 0 Å². The number of hydrogen-bond acceptors (Lipinski definition) is 5. The first-order valence-corrected chi connectivity index (χ1v) is 7.14. The van der Waals surface area contributed by atoms with E-state index in [1.165, 1.54) is 26.4 Å². The Bertz CT molecular complexity index is 661. The second-order valence-electron chi connectivity index (χ2n) is 4.57. The summed E-state index contributed by atoms with van der Waals surface area (Å²) in [7, 11) is 2.83. The van der Waals surface area contributed by atoms with Crippen LogP contribution < -0.4 is 14.8 Å². The number of amides is 1. The van der Waals surface area contributed by atoms with Crippen molar-refractivity contribution in [3.8, 4) is 11.5 Å². The van der Waals surface area contributed by atoms with Crippen LogP contribution in [0.5, 0.6) is 11.5 Å². The molecule has 0 saturated carbocycles. The molecule has 1 aromatic carbocycles. The molecule has 138 valence electrons. The van der Waals surface area contributed by atoms with Gasteiger partial charge in [0.15, 0.2) is 18.1 Å². The average Bonchev–Trinajstić information content (AvgIpc) is 2.54. The van der Waals surface area contributed by atoms with Crippen LogP contribution in [0.25, 0.3) is 6.08 Å². The number of rotatable bonds is 7. The molecule has 0 spiro atoms. The predicted molar refractivity (Wildman–Crippen MR) is 83.6 cm³/mol. The molecule has 1 rings (SSSR count). The highest BCUT2D eigenvalue weighted by atomic mass is 35.5. The molecule has 1 amide bonds. The Balaban J connectivity index is 2.60. The van der Waals surface area contributed by atoms with Gasteiger partial charge in [0.25, 0.3) is 5.91 Å². The van der Waals surface area contributed by atoms with Crippen LogP contribution in [-0.4, -0.2) is 45.4 Å². The molecule has 10 heteroatoms. The van der Waals surface area contributed by atoms with Gasteiger partial charge in [-0.2, -0.15) is 13.2 Å². The second kappa shape index (κ2) is 9.16. The minimum absolute atomic E-state index is 0.251. The highest BCUT2D eigenvalue weighted by Crippen LogP contribution is 2.36. The van der Waals surface area contributed by atoms with Crippen LogP contribution in [0.15, 0.2) is 18.2 Å². The quantitative estimate of drug-likeness (QED) is 0.580. The molecular formula is C15H15ClF3NO5. The van der Waals surface area contributed by atoms with E-state index in [0.717, 1.165) is 6.08 Å². The largest absolute Gasteiger partial charge is 0.493 e. The zero-order chi connectivity index (χ0) is 19.0. The van der Waals surface area contributed by atoms with Crippen LogP contribution >= 0.6 is 11.6 Å². The van der Waals surface area contributed by atoms with Crippen molar-refractivity contribution in [2.24, 2.45) is 0 Å². The number of methoxy groups -OCH3 is 2. The molecule has 0 aromatic heterocycles. The number of carbonyl (C=O) groups is 2. The Labute approximate surface area is 146 Å². The van der Waals surface area contributed by atoms with Crippen molar-refractivity contribution in [2.75, 3.05) is 27.4 Å². The van der Waals surface area contributed by atoms with Crippen LogP contribution in [0.1, 0.15) is 5.56 Å². The van der Waals surface area contributed by atoms with Crippen LogP contribution in [-0.2, 0) is 14.3 Å². The number of benzene rings is 1. The smallest absolute Gasteiger partial charge is 0.405 e. The Morgan fingerprint density at radius 2 is 1.92 bits per heavy atom. The Hall–Kier alpha value is -2.42. The SMILES string of the molecule is COc1cc(/C=C/C(=O)OCC(=O)NCC(F)(F)F)cc(Cl)c1OC. The highest BCUT2D eigenvalue weighted by Gasteiger charge is 2.27. The van der Waals surface area contributed by atoms with Gasteiger partial charge in [0, 0.05) is 6.08 Å². The van der Waals surface area contributed by atoms with Crippen molar-refractivity contribution >= 4 is 29.6 Å². The summed E-state index contributed by atoms with van der Waals surface area (Å²) in [5, 5.41) is 1.83. The minimum atomic E-state index is -4.54. The highest BCUT2D eigenvalue weighted by molar-refractivity contribution is 6.32. The second-order valence-corrected chi connectivity index (χ2v) is 4.98. The molecule has 0 bridgehead atoms. The lowest BCUT2D eigenvalue weighted by atomic mass is 10.2. The van der Waals surface area contributed by atoms with E-state index in [4.69, 9.17) is 21.1 Å². The lowest BCUT2D eigenvalue weighted by molar-refractivity contribution is -0.148. The van der Waals surface area contributed by atoms with E-state index in [0.29, 0.717) is 17.1 Å². The summed E-state index contributed by atoms with van der Waals surface area (Å²) in [6.07, 6.45) is -2.20. The summed E-state index contributed by atoms with van der Waals surface area (Å²) in [5.41, 5.74) is 0.487. The molecule has 0 aliphatic carbocycles. The summed E-state index contributed by atoms with van der Waals surface area (Å²) in [6.45, 7) is -2.32. The van der Waals surface area contributed by atoms with Crippen molar-refractivity contribution in [2.45, 2.75) is 6.18 Å². The Morgan fingerprint density at radius 3 is 2.48 bits per heavy atom. The van der Waals surface area contributed by atoms with Gasteiger partial charge in [-0.15, -0.1) is 0 Å². The van der Waals surface area contributed by atoms with E-state index in [2.05, 4.69) is 4.74 Å². The van der Waals surface area contributed by atoms with Crippen molar-refractivity contribution in [3.05, 3.63) is 28.8 Å². The molecule has 0 saturated heterocycles. The minimum Gasteiger partial charge on any atom is -0.493 e. The third-order valence-electron chi connectivity index (χ3n) is 2.70. The molecule has 0 radical (unpaired) electrons. The zero-order valence-electron chi connectivity index (χ0n) is 13.3. The first kappa shape index (κ1) is 20.6. The Morgan fingerprint density at radius 1 is 1.24 bits per heavy atom. The molecule has 0 unspecified atom stereocenters. The van der Waals surface area contributed by atoms with Gasteiger partial charge in [0.1, 0.15) is 6.54 Å². The predicted octanol–water partition coefficient (Wildman–Crippen LogP) is 2.59. The fourth-order valence-corrected chi connectivity index (χ4v) is 1.93. The number of hydrogen-bond donors (Lipinski definition) is 1. The van der Waals surface area contributed by atoms with Gasteiger partial charge < -0.3 is 19.5 Å². The van der Waals surface area contributed by atoms with Crippen molar-refractivity contribution in [3.63, 3.8) is 0 Å². The van der Waals surface area contributed by atoms with Gasteiger partial charge in [-0.1, -0.05) is 11.6 Å². The van der Waals surface area contributed by atoms with E-state index >= 15 is 0 Å². The van der Waals surface area contributed by atoms with Crippen molar-refractivity contribution in [1.82, 2.24) is 5.32 Å². The number of esters is 1. The van der Waals surface area contributed by atoms with Crippen molar-refractivity contribution < 1.29 is 37.0 Å². The first-order valence-electron chi connectivity index (χ1n) is 6.76. The lowest BCUT2D eigenvalue weighted by Crippen LogP contribution is -2.36. The molecule has 0 fully saturated rings. The van der Waals surface area contributed by atoms with E-state index in [9.17, 15) is 22.8 Å². The molecule has 1 aromatic rings. The summed E-state index contributed by atoms with van der Waals surface area (Å²) in [5.74, 6) is -1.30. The normalized spacial score (nSPS) is 11.3. The summed E-state index contributed by atoms with van der Waals surface area (Å²) in [4.78, 5) is 22.6. The average molecular weight is 382 g/mol. The number of alkyl halides is 3. The molecule has 0 heterocycles. The number of halogens is 4. The molecule has 6 nitrogen and oxygen atoms in total. The summed E-state index contributed by atoms with van der Waals surface area (Å²) < 4.78 is 50.4. The summed E-state index contributed by atoms with van der Waals surface area (Å²) >= 11 is 6.00. The molecule has 1 N–H and O–H groups in total. The van der Waals surface area contributed by atoms with E-state index < -0.39 is 31.2 Å². The maximum atomic E-state index is 11.9. The van der Waals surface area contributed by atoms with Crippen LogP contribution in [0.2, 0.25) is 5.02 Å². The molecule has 0 aliphatic rings. The van der Waals surface area contributed by atoms with Gasteiger partial charge in [-0.05, 0) is 23.8 Å². The number of ether oxygens (including phenoxy) is 3. The van der Waals surface area contributed by atoms with Gasteiger partial charge in [-0.3, -0.25) is 4.79 Å². The third-order valence-corrected chi connectivity index (χ3v) is 2.98. The van der Waals surface area contributed by atoms with E-state index in [1.807, 2.05) is 0 Å². The van der Waals surface area contributed by atoms with Crippen LogP contribution in [0.3, 0.4) is 0 Å². The molecule has 0 aliphatic heterocycles. The standard InChI is InChI=1S/C15H15ClF3NO5/c1-23-11-6-9(5-10(16)14(11)24-2)3-4-13(22)25-7-12(21)20-8-15(17,18)19/h3-6H,7-8H2,1-2H3,(H,20,21)/b4-3+. The first-order chi connectivity index (χ1) is 11.7. The van der Waals surface area contributed by atoms with E-state index in [-0.39, 0.29) is 5.02 Å². The third kappa shape index (κ3) is 7.34. The number of carbonyl (C=O) groups excluding carboxylic acids is 2. The van der Waals surface area contributed by atoms with Crippen LogP contribution in [0, 0.1) is 0 Å². The molecule has 25 heavy (non-hydrogen) atoms.